The number of rotatable bonds is 7. The van der Waals surface area contributed by atoms with Gasteiger partial charge in [0.2, 0.25) is 0 Å². The second-order valence-electron chi connectivity index (χ2n) is 6.17. The van der Waals surface area contributed by atoms with Gasteiger partial charge in [-0.05, 0) is 38.1 Å². The minimum absolute atomic E-state index is 0.425. The first kappa shape index (κ1) is 15.9. The van der Waals surface area contributed by atoms with Crippen LogP contribution in [0.5, 0.6) is 0 Å². The van der Waals surface area contributed by atoms with Crippen molar-refractivity contribution in [1.82, 2.24) is 24.9 Å². The molecule has 23 heavy (non-hydrogen) atoms. The smallest absolute Gasteiger partial charge is 0.151 e. The summed E-state index contributed by atoms with van der Waals surface area (Å²) in [5.41, 5.74) is 0. The molecule has 0 radical (unpaired) electrons. The fraction of sp³-hybridized carbons (Fsp3) is 0.562. The lowest BCUT2D eigenvalue weighted by Gasteiger charge is -2.30. The third-order valence-corrected chi connectivity index (χ3v) is 4.23. The van der Waals surface area contributed by atoms with Gasteiger partial charge in [-0.2, -0.15) is 10.2 Å². The van der Waals surface area contributed by atoms with Crippen LogP contribution in [-0.2, 0) is 6.54 Å². The van der Waals surface area contributed by atoms with E-state index in [1.54, 1.807) is 17.1 Å². The van der Waals surface area contributed by atoms with Crippen LogP contribution in [0.4, 0.5) is 5.82 Å². The number of aliphatic hydroxyl groups is 1. The molecule has 2 aromatic rings. The monoisotopic (exact) mass is 316 g/mol. The number of hydrogen-bond donors (Lipinski definition) is 1. The molecule has 7 nitrogen and oxygen atoms in total. The fourth-order valence-corrected chi connectivity index (χ4v) is 3.25. The second-order valence-corrected chi connectivity index (χ2v) is 6.17. The molecule has 0 unspecified atom stereocenters. The molecule has 1 saturated heterocycles. The molecule has 0 bridgehead atoms. The van der Waals surface area contributed by atoms with Gasteiger partial charge in [-0.3, -0.25) is 4.68 Å². The minimum atomic E-state index is -0.425. The number of aromatic nitrogens is 4. The number of hydrogen-bond acceptors (Lipinski definition) is 6. The second kappa shape index (κ2) is 7.52. The highest BCUT2D eigenvalue weighted by molar-refractivity contribution is 5.39. The molecule has 0 aliphatic carbocycles. The maximum atomic E-state index is 10.2. The van der Waals surface area contributed by atoms with Crippen molar-refractivity contribution in [1.29, 1.82) is 0 Å². The van der Waals surface area contributed by atoms with E-state index in [1.807, 2.05) is 24.4 Å². The first-order valence-corrected chi connectivity index (χ1v) is 8.11. The van der Waals surface area contributed by atoms with Crippen molar-refractivity contribution in [3.05, 3.63) is 36.8 Å². The Morgan fingerprint density at radius 3 is 3.04 bits per heavy atom. The zero-order valence-electron chi connectivity index (χ0n) is 13.5. The van der Waals surface area contributed by atoms with Crippen molar-refractivity contribution in [2.24, 2.45) is 0 Å². The van der Waals surface area contributed by atoms with E-state index in [-0.39, 0.29) is 0 Å². The Kier molecular flexibility index (Phi) is 5.19. The van der Waals surface area contributed by atoms with Crippen LogP contribution in [0, 0.1) is 0 Å². The predicted molar refractivity (Wildman–Crippen MR) is 88.1 cm³/mol. The molecule has 1 aliphatic heterocycles. The Morgan fingerprint density at radius 1 is 1.39 bits per heavy atom. The van der Waals surface area contributed by atoms with E-state index in [9.17, 15) is 5.11 Å². The zero-order valence-corrected chi connectivity index (χ0v) is 13.5. The van der Waals surface area contributed by atoms with Crippen LogP contribution >= 0.6 is 0 Å². The summed E-state index contributed by atoms with van der Waals surface area (Å²) in [4.78, 5) is 4.51. The molecule has 0 saturated carbocycles. The third kappa shape index (κ3) is 4.27. The van der Waals surface area contributed by atoms with Gasteiger partial charge in [-0.25, -0.2) is 0 Å². The maximum absolute atomic E-state index is 10.2. The van der Waals surface area contributed by atoms with E-state index in [1.165, 1.54) is 6.42 Å². The molecule has 7 heteroatoms. The van der Waals surface area contributed by atoms with E-state index in [4.69, 9.17) is 0 Å². The summed E-state index contributed by atoms with van der Waals surface area (Å²) in [7, 11) is 2.06. The highest BCUT2D eigenvalue weighted by Gasteiger charge is 2.27. The molecule has 3 rings (SSSR count). The Morgan fingerprint density at radius 2 is 2.30 bits per heavy atom. The Labute approximate surface area is 136 Å². The van der Waals surface area contributed by atoms with Gasteiger partial charge in [0.25, 0.3) is 0 Å². The van der Waals surface area contributed by atoms with E-state index in [0.717, 1.165) is 25.3 Å². The van der Waals surface area contributed by atoms with Crippen LogP contribution < -0.4 is 4.90 Å². The molecule has 1 fully saturated rings. The number of nitrogens with zero attached hydrogens (tertiary/aromatic N) is 6. The van der Waals surface area contributed by atoms with Crippen molar-refractivity contribution < 1.29 is 5.11 Å². The van der Waals surface area contributed by atoms with E-state index < -0.39 is 6.10 Å². The summed E-state index contributed by atoms with van der Waals surface area (Å²) in [6, 6.07) is 6.23. The highest BCUT2D eigenvalue weighted by atomic mass is 16.3. The summed E-state index contributed by atoms with van der Waals surface area (Å²) < 4.78 is 1.76. The molecule has 0 aromatic carbocycles. The number of likely N-dealkylation sites (N-methyl/N-ethyl adjacent to an activating group) is 1. The predicted octanol–water partition coefficient (Wildman–Crippen LogP) is 0.635. The summed E-state index contributed by atoms with van der Waals surface area (Å²) >= 11 is 0. The van der Waals surface area contributed by atoms with Gasteiger partial charge in [0.05, 0.1) is 12.6 Å². The van der Waals surface area contributed by atoms with Crippen molar-refractivity contribution in [3.8, 4) is 0 Å². The van der Waals surface area contributed by atoms with Crippen LogP contribution in [0.3, 0.4) is 0 Å². The first-order chi connectivity index (χ1) is 11.2. The average Bonchev–Trinajstić information content (AvgIpc) is 3.19. The van der Waals surface area contributed by atoms with Crippen LogP contribution in [0.1, 0.15) is 12.8 Å². The van der Waals surface area contributed by atoms with Crippen molar-refractivity contribution in [3.63, 3.8) is 0 Å². The summed E-state index contributed by atoms with van der Waals surface area (Å²) in [5.74, 6) is 0.945. The van der Waals surface area contributed by atoms with Crippen molar-refractivity contribution in [2.45, 2.75) is 31.5 Å². The van der Waals surface area contributed by atoms with Gasteiger partial charge in [-0.1, -0.05) is 0 Å². The molecule has 1 N–H and O–H groups in total. The van der Waals surface area contributed by atoms with E-state index in [2.05, 4.69) is 32.1 Å². The molecule has 3 heterocycles. The summed E-state index contributed by atoms with van der Waals surface area (Å²) in [6.45, 7) is 3.08. The summed E-state index contributed by atoms with van der Waals surface area (Å²) in [6.07, 6.45) is 7.20. The summed E-state index contributed by atoms with van der Waals surface area (Å²) in [5, 5.41) is 22.5. The lowest BCUT2D eigenvalue weighted by atomic mass is 10.2. The highest BCUT2D eigenvalue weighted by Crippen LogP contribution is 2.23. The lowest BCUT2D eigenvalue weighted by molar-refractivity contribution is 0.104. The lowest BCUT2D eigenvalue weighted by Crippen LogP contribution is -2.42. The van der Waals surface area contributed by atoms with Crippen molar-refractivity contribution in [2.75, 3.05) is 31.6 Å². The van der Waals surface area contributed by atoms with E-state index >= 15 is 0 Å². The molecule has 1 aliphatic rings. The van der Waals surface area contributed by atoms with Crippen LogP contribution in [-0.4, -0.2) is 68.8 Å². The van der Waals surface area contributed by atoms with Crippen LogP contribution in [0.2, 0.25) is 0 Å². The normalized spacial score (nSPS) is 19.4. The van der Waals surface area contributed by atoms with E-state index in [0.29, 0.717) is 19.1 Å². The van der Waals surface area contributed by atoms with Crippen LogP contribution in [0.25, 0.3) is 0 Å². The van der Waals surface area contributed by atoms with Crippen LogP contribution in [0.15, 0.2) is 36.8 Å². The maximum Gasteiger partial charge on any atom is 0.151 e. The molecule has 2 atom stereocenters. The zero-order chi connectivity index (χ0) is 16.1. The van der Waals surface area contributed by atoms with Gasteiger partial charge >= 0.3 is 0 Å². The molecule has 0 amide bonds. The molecular weight excluding hydrogens is 292 g/mol. The number of anilines is 1. The Bertz CT molecular complexity index is 576. The standard InChI is InChI=1S/C16H24N6O/c1-20(12-15(23)13-21-9-4-8-18-21)11-14-5-3-10-22(14)16-6-2-7-17-19-16/h2,4,6-9,14-15,23H,3,5,10-13H2,1H3/t14-,15-/m1/s1. The Hall–Kier alpha value is -1.99. The number of aliphatic hydroxyl groups excluding tert-OH is 1. The van der Waals surface area contributed by atoms with Gasteiger partial charge < -0.3 is 14.9 Å². The minimum Gasteiger partial charge on any atom is -0.390 e. The molecular formula is C16H24N6O. The van der Waals surface area contributed by atoms with Gasteiger partial charge in [0.15, 0.2) is 5.82 Å². The third-order valence-electron chi connectivity index (χ3n) is 4.23. The van der Waals surface area contributed by atoms with Gasteiger partial charge in [-0.15, -0.1) is 5.10 Å². The van der Waals surface area contributed by atoms with Gasteiger partial charge in [0.1, 0.15) is 0 Å². The van der Waals surface area contributed by atoms with Gasteiger partial charge in [0, 0.05) is 44.3 Å². The first-order valence-electron chi connectivity index (χ1n) is 8.11. The largest absolute Gasteiger partial charge is 0.390 e. The van der Waals surface area contributed by atoms with Crippen molar-refractivity contribution >= 4 is 5.82 Å². The molecule has 124 valence electrons. The quantitative estimate of drug-likeness (QED) is 0.808. The fourth-order valence-electron chi connectivity index (χ4n) is 3.25. The average molecular weight is 316 g/mol. The Balaban J connectivity index is 1.51. The molecule has 0 spiro atoms. The SMILES string of the molecule is CN(C[C@@H](O)Cn1cccn1)C[C@H]1CCCN1c1cccnn1. The topological polar surface area (TPSA) is 70.3 Å². The molecule has 2 aromatic heterocycles.